The van der Waals surface area contributed by atoms with Gasteiger partial charge in [0, 0.05) is 30.6 Å². The highest BCUT2D eigenvalue weighted by molar-refractivity contribution is 7.91. The fraction of sp³-hybridized carbons (Fsp3) is 0.462. The van der Waals surface area contributed by atoms with Gasteiger partial charge in [-0.2, -0.15) is 8.42 Å². The number of rotatable bonds is 7. The molecule has 3 N–H and O–H groups in total. The molecule has 212 valence electrons. The Bertz CT molecular complexity index is 1700. The zero-order chi connectivity index (χ0) is 28.0. The van der Waals surface area contributed by atoms with Crippen molar-refractivity contribution in [1.29, 1.82) is 0 Å². The maximum Gasteiger partial charge on any atom is 0.287 e. The summed E-state index contributed by atoms with van der Waals surface area (Å²) in [5.74, 6) is -1.26. The molecule has 2 aliphatic heterocycles. The first-order valence-corrected chi connectivity index (χ1v) is 17.1. The van der Waals surface area contributed by atoms with Crippen LogP contribution in [0, 0.1) is 23.6 Å². The molecule has 10 nitrogen and oxygen atoms in total. The molecule has 3 saturated carbocycles. The number of anilines is 1. The third kappa shape index (κ3) is 4.18. The van der Waals surface area contributed by atoms with Crippen LogP contribution >= 0.6 is 11.3 Å². The van der Waals surface area contributed by atoms with Crippen LogP contribution in [0.4, 0.5) is 9.39 Å². The van der Waals surface area contributed by atoms with Crippen molar-refractivity contribution in [3.05, 3.63) is 57.9 Å². The number of carbonyl (C=O) groups excluding carboxylic acids is 1. The maximum atomic E-state index is 14.0. The molecule has 4 atom stereocenters. The molecule has 40 heavy (non-hydrogen) atoms. The Hall–Kier alpha value is -2.81. The zero-order valence-electron chi connectivity index (χ0n) is 21.2. The van der Waals surface area contributed by atoms with Gasteiger partial charge in [0.25, 0.3) is 15.9 Å². The van der Waals surface area contributed by atoms with Crippen molar-refractivity contribution in [1.82, 2.24) is 9.62 Å². The number of benzene rings is 1. The van der Waals surface area contributed by atoms with Gasteiger partial charge in [-0.15, -0.1) is 15.7 Å². The van der Waals surface area contributed by atoms with E-state index < -0.39 is 31.2 Å². The number of thiophene rings is 1. The van der Waals surface area contributed by atoms with Crippen LogP contribution in [0.5, 0.6) is 0 Å². The van der Waals surface area contributed by atoms with Crippen LogP contribution < -0.4 is 10.0 Å². The van der Waals surface area contributed by atoms with E-state index in [-0.39, 0.29) is 75.3 Å². The molecule has 5 aliphatic rings. The minimum absolute atomic E-state index is 0.135. The van der Waals surface area contributed by atoms with E-state index in [1.54, 1.807) is 22.4 Å². The molecule has 3 heterocycles. The van der Waals surface area contributed by atoms with Crippen molar-refractivity contribution in [2.24, 2.45) is 22.2 Å². The number of sulfonamides is 2. The number of hydrogen-bond donors (Lipinski definition) is 3. The maximum absolute atomic E-state index is 14.0. The van der Waals surface area contributed by atoms with E-state index in [1.807, 2.05) is 0 Å². The molecule has 7 rings (SSSR count). The van der Waals surface area contributed by atoms with Crippen LogP contribution in [0.1, 0.15) is 43.2 Å². The lowest BCUT2D eigenvalue weighted by Crippen LogP contribution is -2.53. The molecule has 3 fully saturated rings. The summed E-state index contributed by atoms with van der Waals surface area (Å²) in [7, 11) is -7.84. The van der Waals surface area contributed by atoms with Crippen molar-refractivity contribution in [2.45, 2.75) is 61.4 Å². The summed E-state index contributed by atoms with van der Waals surface area (Å²) < 4.78 is 71.3. The van der Waals surface area contributed by atoms with Crippen LogP contribution in [-0.2, 0) is 37.9 Å². The summed E-state index contributed by atoms with van der Waals surface area (Å²) in [6.07, 6.45) is 3.89. The quantitative estimate of drug-likeness (QED) is 0.439. The highest BCUT2D eigenvalue weighted by atomic mass is 32.2. The molecule has 1 aromatic heterocycles. The second-order valence-corrected chi connectivity index (χ2v) is 15.7. The average molecular weight is 607 g/mol. The van der Waals surface area contributed by atoms with Gasteiger partial charge in [-0.3, -0.25) is 4.79 Å². The Morgan fingerprint density at radius 3 is 2.60 bits per heavy atom. The van der Waals surface area contributed by atoms with Gasteiger partial charge in [-0.25, -0.2) is 17.5 Å². The summed E-state index contributed by atoms with van der Waals surface area (Å²) in [5.41, 5.74) is 0.815. The standard InChI is InChI=1S/C26H27FN4O6S3/c27-17-5-1-13(2-6-17)11-31-21-15-4-3-14(9-15)19(21)22(32)20(26(31)33)24-29-25-23(40(36,37)30-24)16(12-38-25)10-28-39(34,35)18-7-8-18/h1-2,5-6,12,14-15,18-19,21,28,32H,3-4,7-11H2,(H,29,30)/t14-,15+,19?,21?/m1/s1. The van der Waals surface area contributed by atoms with Gasteiger partial charge < -0.3 is 15.3 Å². The molecular formula is C26H27FN4O6S3. The molecule has 2 bridgehead atoms. The summed E-state index contributed by atoms with van der Waals surface area (Å²) >= 11 is 1.06. The molecule has 0 spiro atoms. The first-order chi connectivity index (χ1) is 19.0. The third-order valence-electron chi connectivity index (χ3n) is 8.73. The number of halogens is 1. The monoisotopic (exact) mass is 606 g/mol. The number of aliphatic hydroxyl groups excluding tert-OH is 1. The first kappa shape index (κ1) is 26.1. The molecule has 2 unspecified atom stereocenters. The van der Waals surface area contributed by atoms with Gasteiger partial charge in [-0.05, 0) is 67.0 Å². The third-order valence-corrected chi connectivity index (χ3v) is 13.1. The second kappa shape index (κ2) is 9.10. The smallest absolute Gasteiger partial charge is 0.287 e. The molecular weight excluding hydrogens is 580 g/mol. The predicted molar refractivity (Wildman–Crippen MR) is 146 cm³/mol. The summed E-state index contributed by atoms with van der Waals surface area (Å²) in [6.45, 7) is -0.00255. The first-order valence-electron chi connectivity index (χ1n) is 13.2. The van der Waals surface area contributed by atoms with E-state index in [1.165, 1.54) is 12.1 Å². The fourth-order valence-corrected chi connectivity index (χ4v) is 10.7. The Morgan fingerprint density at radius 1 is 1.15 bits per heavy atom. The summed E-state index contributed by atoms with van der Waals surface area (Å²) in [4.78, 5) is 15.5. The lowest BCUT2D eigenvalue weighted by atomic mass is 9.77. The van der Waals surface area contributed by atoms with Crippen LogP contribution in [0.25, 0.3) is 0 Å². The van der Waals surface area contributed by atoms with Gasteiger partial charge in [0.05, 0.1) is 5.25 Å². The van der Waals surface area contributed by atoms with E-state index in [0.717, 1.165) is 36.2 Å². The highest BCUT2D eigenvalue weighted by Crippen LogP contribution is 2.55. The molecule has 0 radical (unpaired) electrons. The zero-order valence-corrected chi connectivity index (χ0v) is 23.7. The van der Waals surface area contributed by atoms with Crippen molar-refractivity contribution in [2.75, 3.05) is 5.32 Å². The minimum Gasteiger partial charge on any atom is -0.511 e. The van der Waals surface area contributed by atoms with Crippen LogP contribution in [-0.4, -0.2) is 49.9 Å². The minimum atomic E-state index is -4.32. The number of amidine groups is 1. The largest absolute Gasteiger partial charge is 0.511 e. The molecule has 14 heteroatoms. The lowest BCUT2D eigenvalue weighted by Gasteiger charge is -2.44. The van der Waals surface area contributed by atoms with E-state index in [9.17, 15) is 31.1 Å². The SMILES string of the molecule is O=C1C(C2=NS(=O)(=O)c3c(CNS(=O)(=O)C4CC4)csc3N2)=C(O)C2C([C@H]3CC[C@@H]2C3)N1Cc1ccc(F)cc1. The van der Waals surface area contributed by atoms with E-state index in [4.69, 9.17) is 0 Å². The van der Waals surface area contributed by atoms with Crippen LogP contribution in [0.3, 0.4) is 0 Å². The van der Waals surface area contributed by atoms with Crippen molar-refractivity contribution >= 4 is 48.1 Å². The fourth-order valence-electron chi connectivity index (χ4n) is 6.79. The van der Waals surface area contributed by atoms with Crippen molar-refractivity contribution < 1.29 is 31.1 Å². The number of nitrogens with zero attached hydrogens (tertiary/aromatic N) is 2. The Balaban J connectivity index is 1.23. The lowest BCUT2D eigenvalue weighted by molar-refractivity contribution is -0.134. The van der Waals surface area contributed by atoms with Crippen LogP contribution in [0.2, 0.25) is 0 Å². The average Bonchev–Trinajstić information content (AvgIpc) is 3.38. The second-order valence-electron chi connectivity index (χ2n) is 11.2. The van der Waals surface area contributed by atoms with Gasteiger partial charge >= 0.3 is 0 Å². The normalized spacial score (nSPS) is 28.8. The van der Waals surface area contributed by atoms with Gasteiger partial charge in [0.1, 0.15) is 27.0 Å². The van der Waals surface area contributed by atoms with Crippen molar-refractivity contribution in [3.63, 3.8) is 0 Å². The summed E-state index contributed by atoms with van der Waals surface area (Å²) in [5, 5.41) is 15.7. The molecule has 0 saturated heterocycles. The molecule has 3 aliphatic carbocycles. The molecule has 1 amide bonds. The number of fused-ring (bicyclic) bond motifs is 6. The summed E-state index contributed by atoms with van der Waals surface area (Å²) in [6, 6.07) is 5.65. The molecule has 1 aromatic carbocycles. The van der Waals surface area contributed by atoms with E-state index >= 15 is 0 Å². The molecule has 2 aromatic rings. The van der Waals surface area contributed by atoms with E-state index in [2.05, 4.69) is 14.4 Å². The van der Waals surface area contributed by atoms with Gasteiger partial charge in [0.2, 0.25) is 10.0 Å². The number of carbonyl (C=O) groups is 1. The predicted octanol–water partition coefficient (Wildman–Crippen LogP) is 3.25. The van der Waals surface area contributed by atoms with Gasteiger partial charge in [-0.1, -0.05) is 12.1 Å². The Morgan fingerprint density at radius 2 is 1.88 bits per heavy atom. The van der Waals surface area contributed by atoms with E-state index in [0.29, 0.717) is 12.8 Å². The number of aliphatic hydroxyl groups is 1. The Kier molecular flexibility index (Phi) is 5.94. The Labute approximate surface area is 235 Å². The topological polar surface area (TPSA) is 145 Å². The van der Waals surface area contributed by atoms with Crippen molar-refractivity contribution in [3.8, 4) is 0 Å². The highest BCUT2D eigenvalue weighted by Gasteiger charge is 2.57. The number of hydrogen-bond acceptors (Lipinski definition) is 8. The number of nitrogens with one attached hydrogen (secondary N) is 2. The van der Waals surface area contributed by atoms with Crippen LogP contribution in [0.15, 0.2) is 50.3 Å². The van der Waals surface area contributed by atoms with Gasteiger partial charge in [0.15, 0.2) is 5.84 Å². The number of amides is 1.